The lowest BCUT2D eigenvalue weighted by Crippen LogP contribution is -2.35. The maximum atomic E-state index is 11.3. The molecule has 1 atom stereocenters. The zero-order valence-corrected chi connectivity index (χ0v) is 15.7. The molecule has 0 bridgehead atoms. The molecular formula is C23H24N2O2. The summed E-state index contributed by atoms with van der Waals surface area (Å²) in [4.78, 5) is 15.8. The summed E-state index contributed by atoms with van der Waals surface area (Å²) in [6.45, 7) is 4.43. The first-order valence-electron chi connectivity index (χ1n) is 9.39. The first-order chi connectivity index (χ1) is 12.9. The summed E-state index contributed by atoms with van der Waals surface area (Å²) in [7, 11) is 0. The van der Waals surface area contributed by atoms with Crippen LogP contribution in [-0.4, -0.2) is 16.1 Å². The van der Waals surface area contributed by atoms with Crippen molar-refractivity contribution in [2.75, 3.05) is 5.32 Å². The van der Waals surface area contributed by atoms with Crippen molar-refractivity contribution in [3.63, 3.8) is 0 Å². The average Bonchev–Trinajstić information content (AvgIpc) is 2.67. The Hall–Kier alpha value is -2.88. The largest absolute Gasteiger partial charge is 0.478 e. The first kappa shape index (κ1) is 17.5. The molecule has 27 heavy (non-hydrogen) atoms. The molecule has 1 aromatic heterocycles. The highest BCUT2D eigenvalue weighted by atomic mass is 16.4. The number of allylic oxidation sites excluding steroid dienone is 4. The maximum absolute atomic E-state index is 11.3. The van der Waals surface area contributed by atoms with E-state index < -0.39 is 5.97 Å². The van der Waals surface area contributed by atoms with Gasteiger partial charge in [-0.25, -0.2) is 4.79 Å². The van der Waals surface area contributed by atoms with Crippen molar-refractivity contribution in [1.82, 2.24) is 4.98 Å². The lowest BCUT2D eigenvalue weighted by Gasteiger charge is -2.41. The van der Waals surface area contributed by atoms with Crippen molar-refractivity contribution in [2.24, 2.45) is 5.41 Å². The van der Waals surface area contributed by atoms with Gasteiger partial charge in [-0.15, -0.1) is 0 Å². The number of pyridine rings is 1. The predicted molar refractivity (Wildman–Crippen MR) is 108 cm³/mol. The molecule has 138 valence electrons. The molecule has 0 fully saturated rings. The van der Waals surface area contributed by atoms with E-state index in [0.29, 0.717) is 5.56 Å². The van der Waals surface area contributed by atoms with E-state index in [0.717, 1.165) is 41.6 Å². The summed E-state index contributed by atoms with van der Waals surface area (Å²) >= 11 is 0. The van der Waals surface area contributed by atoms with E-state index in [1.54, 1.807) is 12.1 Å². The second-order valence-electron chi connectivity index (χ2n) is 8.07. The fourth-order valence-electron chi connectivity index (χ4n) is 4.09. The van der Waals surface area contributed by atoms with Crippen LogP contribution >= 0.6 is 0 Å². The SMILES string of the molecule is CC1(C)Cc2cc(C(=O)O)ccc2NC1c1cncc(C2=CCCC=C2)c1. The highest BCUT2D eigenvalue weighted by molar-refractivity contribution is 5.88. The minimum Gasteiger partial charge on any atom is -0.478 e. The zero-order valence-electron chi connectivity index (χ0n) is 15.7. The fourth-order valence-corrected chi connectivity index (χ4v) is 4.09. The third kappa shape index (κ3) is 3.39. The molecule has 1 aliphatic heterocycles. The number of rotatable bonds is 3. The minimum absolute atomic E-state index is 0.0682. The summed E-state index contributed by atoms with van der Waals surface area (Å²) < 4.78 is 0. The van der Waals surface area contributed by atoms with Gasteiger partial charge in [0.1, 0.15) is 0 Å². The van der Waals surface area contributed by atoms with Gasteiger partial charge in [-0.2, -0.15) is 0 Å². The number of nitrogens with zero attached hydrogens (tertiary/aromatic N) is 1. The van der Waals surface area contributed by atoms with Crippen LogP contribution in [-0.2, 0) is 6.42 Å². The van der Waals surface area contributed by atoms with Gasteiger partial charge in [-0.1, -0.05) is 32.1 Å². The van der Waals surface area contributed by atoms with Gasteiger partial charge >= 0.3 is 5.97 Å². The number of benzene rings is 1. The maximum Gasteiger partial charge on any atom is 0.335 e. The number of carbonyl (C=O) groups is 1. The van der Waals surface area contributed by atoms with Gasteiger partial charge in [0.2, 0.25) is 0 Å². The van der Waals surface area contributed by atoms with Gasteiger partial charge in [-0.05, 0) is 65.6 Å². The summed E-state index contributed by atoms with van der Waals surface area (Å²) in [5.74, 6) is -0.886. The number of fused-ring (bicyclic) bond motifs is 1. The van der Waals surface area contributed by atoms with Crippen molar-refractivity contribution in [3.8, 4) is 0 Å². The van der Waals surface area contributed by atoms with Crippen LogP contribution in [0.25, 0.3) is 5.57 Å². The number of aromatic carboxylic acids is 1. The van der Waals surface area contributed by atoms with E-state index in [2.05, 4.69) is 48.4 Å². The summed E-state index contributed by atoms with van der Waals surface area (Å²) in [5.41, 5.74) is 5.87. The minimum atomic E-state index is -0.886. The Labute approximate surface area is 159 Å². The van der Waals surface area contributed by atoms with E-state index in [4.69, 9.17) is 0 Å². The molecule has 0 amide bonds. The molecule has 1 unspecified atom stereocenters. The molecule has 1 aromatic carbocycles. The van der Waals surface area contributed by atoms with Crippen LogP contribution in [0.2, 0.25) is 0 Å². The molecule has 0 saturated heterocycles. The highest BCUT2D eigenvalue weighted by Gasteiger charge is 2.36. The molecule has 2 heterocycles. The van der Waals surface area contributed by atoms with Crippen LogP contribution in [0.3, 0.4) is 0 Å². The van der Waals surface area contributed by atoms with Crippen molar-refractivity contribution in [3.05, 3.63) is 77.1 Å². The number of carboxylic acid groups (broad SMARTS) is 1. The molecule has 0 spiro atoms. The van der Waals surface area contributed by atoms with Gasteiger partial charge in [-0.3, -0.25) is 4.98 Å². The van der Waals surface area contributed by atoms with E-state index in [-0.39, 0.29) is 11.5 Å². The molecule has 0 radical (unpaired) electrons. The van der Waals surface area contributed by atoms with E-state index in [1.807, 2.05) is 18.5 Å². The van der Waals surface area contributed by atoms with Crippen molar-refractivity contribution in [1.29, 1.82) is 0 Å². The standard InChI is InChI=1S/C23H24N2O2/c1-23(2)12-17-10-16(22(26)27)8-9-20(17)25-21(23)19-11-18(13-24-14-19)15-6-4-3-5-7-15/h4,6-11,13-14,21,25H,3,5,12H2,1-2H3,(H,26,27). The van der Waals surface area contributed by atoms with Crippen LogP contribution < -0.4 is 5.32 Å². The van der Waals surface area contributed by atoms with Crippen LogP contribution in [0.15, 0.2) is 54.9 Å². The van der Waals surface area contributed by atoms with Gasteiger partial charge in [0.05, 0.1) is 11.6 Å². The third-order valence-corrected chi connectivity index (χ3v) is 5.50. The Balaban J connectivity index is 1.69. The molecule has 1 aliphatic carbocycles. The number of carboxylic acids is 1. The Morgan fingerprint density at radius 1 is 1.22 bits per heavy atom. The molecule has 4 heteroatoms. The molecule has 2 aromatic rings. The summed E-state index contributed by atoms with van der Waals surface area (Å²) in [5, 5.41) is 12.9. The fraction of sp³-hybridized carbons (Fsp3) is 0.304. The van der Waals surface area contributed by atoms with Crippen LogP contribution in [0.5, 0.6) is 0 Å². The number of hydrogen-bond donors (Lipinski definition) is 2. The second kappa shape index (κ2) is 6.69. The van der Waals surface area contributed by atoms with Crippen molar-refractivity contribution in [2.45, 2.75) is 39.2 Å². The van der Waals surface area contributed by atoms with Crippen LogP contribution in [0.4, 0.5) is 5.69 Å². The molecule has 4 nitrogen and oxygen atoms in total. The normalized spacial score (nSPS) is 20.4. The van der Waals surface area contributed by atoms with E-state index >= 15 is 0 Å². The molecule has 2 aliphatic rings. The molecular weight excluding hydrogens is 336 g/mol. The Bertz CT molecular complexity index is 957. The topological polar surface area (TPSA) is 62.2 Å². The molecule has 2 N–H and O–H groups in total. The van der Waals surface area contributed by atoms with E-state index in [1.165, 1.54) is 5.57 Å². The Morgan fingerprint density at radius 2 is 2.07 bits per heavy atom. The summed E-state index contributed by atoms with van der Waals surface area (Å²) in [6, 6.07) is 7.67. The zero-order chi connectivity index (χ0) is 19.0. The van der Waals surface area contributed by atoms with Crippen LogP contribution in [0, 0.1) is 5.41 Å². The summed E-state index contributed by atoms with van der Waals surface area (Å²) in [6.07, 6.45) is 13.5. The molecule has 4 rings (SSSR count). The monoisotopic (exact) mass is 360 g/mol. The first-order valence-corrected chi connectivity index (χ1v) is 9.39. The smallest absolute Gasteiger partial charge is 0.335 e. The Morgan fingerprint density at radius 3 is 2.81 bits per heavy atom. The van der Waals surface area contributed by atoms with Crippen molar-refractivity contribution < 1.29 is 9.90 Å². The predicted octanol–water partition coefficient (Wildman–Crippen LogP) is 5.25. The second-order valence-corrected chi connectivity index (χ2v) is 8.07. The van der Waals surface area contributed by atoms with Crippen LogP contribution in [0.1, 0.15) is 59.8 Å². The third-order valence-electron chi connectivity index (χ3n) is 5.50. The number of nitrogens with one attached hydrogen (secondary N) is 1. The number of aromatic nitrogens is 1. The number of anilines is 1. The van der Waals surface area contributed by atoms with Crippen molar-refractivity contribution >= 4 is 17.2 Å². The highest BCUT2D eigenvalue weighted by Crippen LogP contribution is 2.45. The Kier molecular flexibility index (Phi) is 4.34. The van der Waals surface area contributed by atoms with Gasteiger partial charge in [0.15, 0.2) is 0 Å². The van der Waals surface area contributed by atoms with Gasteiger partial charge in [0.25, 0.3) is 0 Å². The molecule has 0 saturated carbocycles. The van der Waals surface area contributed by atoms with E-state index in [9.17, 15) is 9.90 Å². The lowest BCUT2D eigenvalue weighted by molar-refractivity contribution is 0.0696. The quantitative estimate of drug-likeness (QED) is 0.785. The number of hydrogen-bond acceptors (Lipinski definition) is 3. The lowest BCUT2D eigenvalue weighted by atomic mass is 9.73. The average molecular weight is 360 g/mol. The van der Waals surface area contributed by atoms with Gasteiger partial charge < -0.3 is 10.4 Å². The van der Waals surface area contributed by atoms with Gasteiger partial charge in [0, 0.05) is 23.6 Å².